The van der Waals surface area contributed by atoms with Crippen molar-refractivity contribution >= 4 is 57.1 Å². The van der Waals surface area contributed by atoms with E-state index in [2.05, 4.69) is 52.1 Å². The fraction of sp³-hybridized carbons (Fsp3) is 0.333. The molecule has 0 bridgehead atoms. The maximum absolute atomic E-state index is 13.0. The van der Waals surface area contributed by atoms with Gasteiger partial charge in [-0.3, -0.25) is 0 Å². The van der Waals surface area contributed by atoms with E-state index in [0.29, 0.717) is 29.4 Å². The molecule has 0 saturated heterocycles. The van der Waals surface area contributed by atoms with Gasteiger partial charge in [-0.15, -0.1) is 0 Å². The van der Waals surface area contributed by atoms with Crippen LogP contribution in [-0.4, -0.2) is 18.5 Å². The van der Waals surface area contributed by atoms with Crippen LogP contribution in [0, 0.1) is 7.14 Å². The Kier molecular flexibility index (Phi) is 12.7. The summed E-state index contributed by atoms with van der Waals surface area (Å²) in [7, 11) is 0. The summed E-state index contributed by atoms with van der Waals surface area (Å²) in [6, 6.07) is 19.1. The van der Waals surface area contributed by atoms with Gasteiger partial charge in [0.05, 0.1) is 12.2 Å². The molecular weight excluding hydrogens is 694 g/mol. The number of rotatable bonds is 14. The topological polar surface area (TPSA) is 61.8 Å². The Balaban J connectivity index is 1.66. The first-order valence-corrected chi connectivity index (χ1v) is 14.8. The van der Waals surface area contributed by atoms with Gasteiger partial charge in [-0.05, 0) is 118 Å². The minimum atomic E-state index is -0.537. The fourth-order valence-corrected chi connectivity index (χ4v) is 4.41. The molecule has 3 aromatic rings. The number of unbranched alkanes of at least 4 members (excludes halogenated alkanes) is 7. The van der Waals surface area contributed by atoms with E-state index in [4.69, 9.17) is 14.2 Å². The van der Waals surface area contributed by atoms with Gasteiger partial charge in [0, 0.05) is 7.14 Å². The number of ether oxygens (including phenoxy) is 3. The molecule has 0 N–H and O–H groups in total. The number of halogens is 2. The maximum Gasteiger partial charge on any atom is 0.347 e. The second-order valence-electron chi connectivity index (χ2n) is 8.72. The highest BCUT2D eigenvalue weighted by Crippen LogP contribution is 2.25. The molecule has 0 amide bonds. The third-order valence-corrected chi connectivity index (χ3v) is 7.18. The third-order valence-electron chi connectivity index (χ3n) is 5.74. The number of carbonyl (C=O) groups is 2. The molecule has 196 valence electrons. The number of hydrogen-bond acceptors (Lipinski definition) is 5. The number of hydrogen-bond donors (Lipinski definition) is 0. The number of esters is 2. The molecule has 0 fully saturated rings. The van der Waals surface area contributed by atoms with Crippen molar-refractivity contribution in [1.29, 1.82) is 0 Å². The Morgan fingerprint density at radius 3 is 1.73 bits per heavy atom. The minimum Gasteiger partial charge on any atom is -0.493 e. The third kappa shape index (κ3) is 10.3. The van der Waals surface area contributed by atoms with Crippen LogP contribution < -0.4 is 14.2 Å². The molecule has 0 spiro atoms. The van der Waals surface area contributed by atoms with Crippen LogP contribution in [0.25, 0.3) is 0 Å². The van der Waals surface area contributed by atoms with E-state index in [1.807, 2.05) is 24.3 Å². The van der Waals surface area contributed by atoms with E-state index in [9.17, 15) is 9.59 Å². The molecule has 0 aromatic heterocycles. The Morgan fingerprint density at radius 1 is 0.649 bits per heavy atom. The van der Waals surface area contributed by atoms with E-state index in [-0.39, 0.29) is 5.56 Å². The van der Waals surface area contributed by atoms with Gasteiger partial charge in [0.2, 0.25) is 0 Å². The zero-order chi connectivity index (χ0) is 26.5. The molecule has 0 heterocycles. The van der Waals surface area contributed by atoms with Crippen molar-refractivity contribution in [2.75, 3.05) is 6.61 Å². The van der Waals surface area contributed by atoms with Crippen molar-refractivity contribution in [3.63, 3.8) is 0 Å². The van der Waals surface area contributed by atoms with Gasteiger partial charge < -0.3 is 14.2 Å². The first-order chi connectivity index (χ1) is 18.0. The van der Waals surface area contributed by atoms with Crippen molar-refractivity contribution in [2.24, 2.45) is 0 Å². The van der Waals surface area contributed by atoms with Gasteiger partial charge >= 0.3 is 11.9 Å². The van der Waals surface area contributed by atoms with Crippen LogP contribution in [0.15, 0.2) is 66.7 Å². The Bertz CT molecular complexity index is 1140. The summed E-state index contributed by atoms with van der Waals surface area (Å²) in [6.07, 6.45) is 9.44. The van der Waals surface area contributed by atoms with E-state index in [1.54, 1.807) is 42.5 Å². The van der Waals surface area contributed by atoms with Crippen LogP contribution >= 0.6 is 45.2 Å². The predicted molar refractivity (Wildman–Crippen MR) is 163 cm³/mol. The first kappa shape index (κ1) is 29.4. The highest BCUT2D eigenvalue weighted by molar-refractivity contribution is 14.1. The lowest BCUT2D eigenvalue weighted by atomic mass is 10.1. The second-order valence-corrected chi connectivity index (χ2v) is 11.2. The van der Waals surface area contributed by atoms with Gasteiger partial charge in [-0.25, -0.2) is 9.59 Å². The van der Waals surface area contributed by atoms with E-state index < -0.39 is 11.9 Å². The summed E-state index contributed by atoms with van der Waals surface area (Å²) in [6.45, 7) is 2.67. The zero-order valence-corrected chi connectivity index (χ0v) is 25.3. The lowest BCUT2D eigenvalue weighted by Gasteiger charge is -2.13. The molecule has 37 heavy (non-hydrogen) atoms. The van der Waals surface area contributed by atoms with Crippen LogP contribution in [0.3, 0.4) is 0 Å². The molecule has 0 unspecified atom stereocenters. The Morgan fingerprint density at radius 2 is 1.16 bits per heavy atom. The van der Waals surface area contributed by atoms with E-state index in [0.717, 1.165) is 26.4 Å². The first-order valence-electron chi connectivity index (χ1n) is 12.7. The van der Waals surface area contributed by atoms with E-state index >= 15 is 0 Å². The Hall–Kier alpha value is -2.14. The molecule has 0 aliphatic rings. The van der Waals surface area contributed by atoms with Gasteiger partial charge in [0.1, 0.15) is 22.8 Å². The highest BCUT2D eigenvalue weighted by Gasteiger charge is 2.19. The maximum atomic E-state index is 13.0. The minimum absolute atomic E-state index is 0.268. The van der Waals surface area contributed by atoms with Crippen LogP contribution in [0.1, 0.15) is 79.0 Å². The largest absolute Gasteiger partial charge is 0.493 e. The molecule has 0 radical (unpaired) electrons. The van der Waals surface area contributed by atoms with Gasteiger partial charge in [0.25, 0.3) is 0 Å². The molecule has 0 aliphatic carbocycles. The van der Waals surface area contributed by atoms with Crippen LogP contribution in [-0.2, 0) is 0 Å². The summed E-state index contributed by atoms with van der Waals surface area (Å²) in [4.78, 5) is 25.7. The van der Waals surface area contributed by atoms with Gasteiger partial charge in [-0.2, -0.15) is 0 Å². The summed E-state index contributed by atoms with van der Waals surface area (Å²) in [5.41, 5.74) is 0.569. The lowest BCUT2D eigenvalue weighted by molar-refractivity contribution is 0.0716. The molecule has 7 heteroatoms. The number of benzene rings is 3. The van der Waals surface area contributed by atoms with Gasteiger partial charge in [0.15, 0.2) is 0 Å². The number of carbonyl (C=O) groups excluding carboxylic acids is 2. The summed E-state index contributed by atoms with van der Waals surface area (Å²) >= 11 is 4.39. The van der Waals surface area contributed by atoms with Crippen molar-refractivity contribution in [3.05, 3.63) is 85.0 Å². The molecule has 0 aliphatic heterocycles. The molecule has 0 atom stereocenters. The SMILES string of the molecule is CCCCCCCCCCOc1cc(C(=O)Oc2ccc(I)cc2)ccc1C(=O)Oc1ccc(I)cc1. The van der Waals surface area contributed by atoms with Crippen LogP contribution in [0.4, 0.5) is 0 Å². The average Bonchev–Trinajstić information content (AvgIpc) is 2.90. The monoisotopic (exact) mass is 726 g/mol. The smallest absolute Gasteiger partial charge is 0.347 e. The molecule has 0 saturated carbocycles. The van der Waals surface area contributed by atoms with Crippen molar-refractivity contribution in [2.45, 2.75) is 58.3 Å². The second kappa shape index (κ2) is 16.0. The summed E-state index contributed by atoms with van der Waals surface area (Å²) < 4.78 is 19.2. The van der Waals surface area contributed by atoms with E-state index in [1.165, 1.54) is 32.1 Å². The normalized spacial score (nSPS) is 10.7. The van der Waals surface area contributed by atoms with Crippen molar-refractivity contribution in [1.82, 2.24) is 0 Å². The average molecular weight is 726 g/mol. The molecule has 5 nitrogen and oxygen atoms in total. The zero-order valence-electron chi connectivity index (χ0n) is 21.0. The van der Waals surface area contributed by atoms with Crippen molar-refractivity contribution < 1.29 is 23.8 Å². The predicted octanol–water partition coefficient (Wildman–Crippen LogP) is 8.85. The quantitative estimate of drug-likeness (QED) is 0.0720. The highest BCUT2D eigenvalue weighted by atomic mass is 127. The Labute approximate surface area is 246 Å². The van der Waals surface area contributed by atoms with Crippen LogP contribution in [0.5, 0.6) is 17.2 Å². The van der Waals surface area contributed by atoms with Crippen molar-refractivity contribution in [3.8, 4) is 17.2 Å². The lowest BCUT2D eigenvalue weighted by Crippen LogP contribution is -2.14. The standard InChI is InChI=1S/C30H32I2O5/c1-2-3-4-5-6-7-8-9-20-35-28-21-22(29(33)36-25-15-11-23(31)12-16-25)10-19-27(28)30(34)37-26-17-13-24(32)14-18-26/h10-19,21H,2-9,20H2,1H3. The molecule has 3 rings (SSSR count). The van der Waals surface area contributed by atoms with Crippen LogP contribution in [0.2, 0.25) is 0 Å². The molecule has 3 aromatic carbocycles. The summed E-state index contributed by atoms with van der Waals surface area (Å²) in [5, 5.41) is 0. The van der Waals surface area contributed by atoms with Gasteiger partial charge in [-0.1, -0.05) is 51.9 Å². The summed E-state index contributed by atoms with van der Waals surface area (Å²) in [5.74, 6) is 0.159. The molecular formula is C30H32I2O5. The fourth-order valence-electron chi connectivity index (χ4n) is 3.69.